The molecular weight excluding hydrogens is 221 g/mol. The van der Waals surface area contributed by atoms with E-state index < -0.39 is 12.6 Å². The fourth-order valence-electron chi connectivity index (χ4n) is 1.35. The maximum Gasteiger partial charge on any atom is 0.390 e. The molecule has 1 aliphatic heterocycles. The van der Waals surface area contributed by atoms with E-state index in [-0.39, 0.29) is 12.5 Å². The monoisotopic (exact) mass is 236 g/mol. The SMILES string of the molecule is CC(C(=O)N(C)CCC(F)(F)F)=C1CNC1. The van der Waals surface area contributed by atoms with E-state index in [2.05, 4.69) is 5.32 Å². The van der Waals surface area contributed by atoms with Crippen LogP contribution in [0, 0.1) is 0 Å². The second kappa shape index (κ2) is 4.86. The van der Waals surface area contributed by atoms with Crippen molar-refractivity contribution in [3.8, 4) is 0 Å². The number of nitrogens with one attached hydrogen (secondary N) is 1. The zero-order valence-corrected chi connectivity index (χ0v) is 9.32. The van der Waals surface area contributed by atoms with Crippen molar-refractivity contribution in [1.82, 2.24) is 10.2 Å². The molecule has 92 valence electrons. The van der Waals surface area contributed by atoms with Gasteiger partial charge < -0.3 is 10.2 Å². The van der Waals surface area contributed by atoms with Gasteiger partial charge in [-0.05, 0) is 12.5 Å². The normalized spacial score (nSPS) is 15.7. The largest absolute Gasteiger partial charge is 0.390 e. The molecule has 1 fully saturated rings. The van der Waals surface area contributed by atoms with E-state index in [0.29, 0.717) is 18.7 Å². The van der Waals surface area contributed by atoms with Crippen LogP contribution >= 0.6 is 0 Å². The van der Waals surface area contributed by atoms with Crippen molar-refractivity contribution in [3.63, 3.8) is 0 Å². The number of rotatable bonds is 3. The Morgan fingerprint density at radius 1 is 1.44 bits per heavy atom. The summed E-state index contributed by atoms with van der Waals surface area (Å²) in [6.07, 6.45) is -5.18. The van der Waals surface area contributed by atoms with Gasteiger partial charge in [-0.1, -0.05) is 0 Å². The highest BCUT2D eigenvalue weighted by atomic mass is 19.4. The van der Waals surface area contributed by atoms with Gasteiger partial charge in [-0.2, -0.15) is 13.2 Å². The van der Waals surface area contributed by atoms with Crippen molar-refractivity contribution in [2.45, 2.75) is 19.5 Å². The van der Waals surface area contributed by atoms with Crippen LogP contribution in [0.25, 0.3) is 0 Å². The summed E-state index contributed by atoms with van der Waals surface area (Å²) in [5.74, 6) is -0.319. The molecule has 0 spiro atoms. The molecule has 0 aromatic rings. The molecule has 1 N–H and O–H groups in total. The Kier molecular flexibility index (Phi) is 3.96. The third kappa shape index (κ3) is 3.52. The van der Waals surface area contributed by atoms with E-state index in [1.54, 1.807) is 6.92 Å². The second-order valence-electron chi connectivity index (χ2n) is 3.92. The standard InChI is InChI=1S/C10H15F3N2O/c1-7(8-5-14-6-8)9(16)15(2)4-3-10(11,12)13/h14H,3-6H2,1-2H3. The highest BCUT2D eigenvalue weighted by Crippen LogP contribution is 2.20. The van der Waals surface area contributed by atoms with Crippen LogP contribution in [0.5, 0.6) is 0 Å². The molecule has 6 heteroatoms. The van der Waals surface area contributed by atoms with Crippen molar-refractivity contribution in [2.75, 3.05) is 26.7 Å². The molecule has 1 heterocycles. The zero-order valence-electron chi connectivity index (χ0n) is 9.32. The van der Waals surface area contributed by atoms with Crippen LogP contribution in [0.2, 0.25) is 0 Å². The van der Waals surface area contributed by atoms with Gasteiger partial charge in [-0.25, -0.2) is 0 Å². The molecule has 1 rings (SSSR count). The first-order valence-electron chi connectivity index (χ1n) is 5.03. The van der Waals surface area contributed by atoms with Gasteiger partial charge in [0.2, 0.25) is 5.91 Å². The number of carbonyl (C=O) groups excluding carboxylic acids is 1. The summed E-state index contributed by atoms with van der Waals surface area (Å²) < 4.78 is 35.9. The summed E-state index contributed by atoms with van der Waals surface area (Å²) in [6, 6.07) is 0. The Hall–Kier alpha value is -1.04. The van der Waals surface area contributed by atoms with Gasteiger partial charge in [0, 0.05) is 32.3 Å². The van der Waals surface area contributed by atoms with Crippen LogP contribution in [-0.4, -0.2) is 43.7 Å². The lowest BCUT2D eigenvalue weighted by Crippen LogP contribution is -2.38. The first kappa shape index (κ1) is 13.0. The third-order valence-electron chi connectivity index (χ3n) is 2.61. The summed E-state index contributed by atoms with van der Waals surface area (Å²) >= 11 is 0. The van der Waals surface area contributed by atoms with Crippen molar-refractivity contribution < 1.29 is 18.0 Å². The van der Waals surface area contributed by atoms with E-state index in [4.69, 9.17) is 0 Å². The number of alkyl halides is 3. The van der Waals surface area contributed by atoms with Gasteiger partial charge in [-0.3, -0.25) is 4.79 Å². The van der Waals surface area contributed by atoms with Crippen molar-refractivity contribution in [1.29, 1.82) is 0 Å². The molecule has 1 saturated heterocycles. The Morgan fingerprint density at radius 3 is 2.38 bits per heavy atom. The average Bonchev–Trinajstić information content (AvgIpc) is 2.08. The summed E-state index contributed by atoms with van der Waals surface area (Å²) in [5.41, 5.74) is 1.53. The minimum Gasteiger partial charge on any atom is -0.342 e. The van der Waals surface area contributed by atoms with Gasteiger partial charge in [0.25, 0.3) is 0 Å². The molecule has 0 atom stereocenters. The molecule has 0 aromatic carbocycles. The smallest absolute Gasteiger partial charge is 0.342 e. The summed E-state index contributed by atoms with van der Waals surface area (Å²) in [6.45, 7) is 2.68. The minimum atomic E-state index is -4.21. The summed E-state index contributed by atoms with van der Waals surface area (Å²) in [7, 11) is 1.39. The maximum atomic E-state index is 12.0. The molecule has 1 amide bonds. The Morgan fingerprint density at radius 2 is 2.00 bits per heavy atom. The van der Waals surface area contributed by atoms with E-state index >= 15 is 0 Å². The lowest BCUT2D eigenvalue weighted by Gasteiger charge is -2.24. The second-order valence-corrected chi connectivity index (χ2v) is 3.92. The van der Waals surface area contributed by atoms with E-state index in [9.17, 15) is 18.0 Å². The lowest BCUT2D eigenvalue weighted by molar-refractivity contribution is -0.142. The molecule has 3 nitrogen and oxygen atoms in total. The summed E-state index contributed by atoms with van der Waals surface area (Å²) in [5, 5.41) is 2.98. The molecule has 0 saturated carbocycles. The Bertz CT molecular complexity index is 304. The fraction of sp³-hybridized carbons (Fsp3) is 0.700. The van der Waals surface area contributed by atoms with Crippen molar-refractivity contribution in [2.24, 2.45) is 0 Å². The fourth-order valence-corrected chi connectivity index (χ4v) is 1.35. The third-order valence-corrected chi connectivity index (χ3v) is 2.61. The number of likely N-dealkylation sites (N-methyl/N-ethyl adjacent to an activating group) is 1. The molecule has 0 aliphatic carbocycles. The van der Waals surface area contributed by atoms with Crippen LogP contribution < -0.4 is 5.32 Å². The Balaban J connectivity index is 2.48. The quantitative estimate of drug-likeness (QED) is 0.749. The first-order chi connectivity index (χ1) is 7.31. The predicted molar refractivity (Wildman–Crippen MR) is 53.9 cm³/mol. The Labute approximate surface area is 92.3 Å². The highest BCUT2D eigenvalue weighted by molar-refractivity contribution is 5.93. The highest BCUT2D eigenvalue weighted by Gasteiger charge is 2.28. The average molecular weight is 236 g/mol. The predicted octanol–water partition coefficient (Wildman–Crippen LogP) is 1.32. The molecule has 16 heavy (non-hydrogen) atoms. The van der Waals surface area contributed by atoms with Gasteiger partial charge in [-0.15, -0.1) is 0 Å². The molecule has 0 bridgehead atoms. The van der Waals surface area contributed by atoms with E-state index in [1.165, 1.54) is 7.05 Å². The van der Waals surface area contributed by atoms with Crippen molar-refractivity contribution in [3.05, 3.63) is 11.1 Å². The minimum absolute atomic E-state index is 0.291. The molecular formula is C10H15F3N2O. The van der Waals surface area contributed by atoms with Crippen molar-refractivity contribution >= 4 is 5.91 Å². The number of halogens is 3. The van der Waals surface area contributed by atoms with Gasteiger partial charge in [0.1, 0.15) is 0 Å². The van der Waals surface area contributed by atoms with E-state index in [1.807, 2.05) is 0 Å². The van der Waals surface area contributed by atoms with Gasteiger partial charge in [0.15, 0.2) is 0 Å². The zero-order chi connectivity index (χ0) is 12.3. The number of hydrogen-bond acceptors (Lipinski definition) is 2. The molecule has 0 radical (unpaired) electrons. The number of carbonyl (C=O) groups is 1. The number of hydrogen-bond donors (Lipinski definition) is 1. The topological polar surface area (TPSA) is 32.3 Å². The van der Waals surface area contributed by atoms with Crippen LogP contribution in [0.4, 0.5) is 13.2 Å². The number of nitrogens with zero attached hydrogens (tertiary/aromatic N) is 1. The van der Waals surface area contributed by atoms with Crippen LogP contribution in [0.1, 0.15) is 13.3 Å². The van der Waals surface area contributed by atoms with Gasteiger partial charge >= 0.3 is 6.18 Å². The van der Waals surface area contributed by atoms with Crippen LogP contribution in [-0.2, 0) is 4.79 Å². The molecule has 0 aromatic heterocycles. The lowest BCUT2D eigenvalue weighted by atomic mass is 10.0. The maximum absolute atomic E-state index is 12.0. The molecule has 0 unspecified atom stereocenters. The van der Waals surface area contributed by atoms with E-state index in [0.717, 1.165) is 10.5 Å². The summed E-state index contributed by atoms with van der Waals surface area (Å²) in [4.78, 5) is 12.8. The van der Waals surface area contributed by atoms with Crippen LogP contribution in [0.3, 0.4) is 0 Å². The number of amides is 1. The first-order valence-corrected chi connectivity index (χ1v) is 5.03. The van der Waals surface area contributed by atoms with Crippen LogP contribution in [0.15, 0.2) is 11.1 Å². The molecule has 1 aliphatic rings. The van der Waals surface area contributed by atoms with Gasteiger partial charge in [0.05, 0.1) is 6.42 Å².